The summed E-state index contributed by atoms with van der Waals surface area (Å²) in [5, 5.41) is 3.20. The normalized spacial score (nSPS) is 11.1. The molecule has 3 aromatic carbocycles. The number of nitrogens with one attached hydrogen (secondary N) is 1. The van der Waals surface area contributed by atoms with Gasteiger partial charge in [-0.1, -0.05) is 47.5 Å². The van der Waals surface area contributed by atoms with E-state index in [0.717, 1.165) is 27.6 Å². The van der Waals surface area contributed by atoms with Crippen LogP contribution in [0.3, 0.4) is 0 Å². The molecule has 0 spiro atoms. The van der Waals surface area contributed by atoms with E-state index in [1.165, 1.54) is 18.2 Å². The number of benzene rings is 3. The van der Waals surface area contributed by atoms with E-state index >= 15 is 0 Å². The molecule has 8 heteroatoms. The predicted octanol–water partition coefficient (Wildman–Crippen LogP) is 4.60. The number of carbonyl (C=O) groups is 1. The zero-order valence-electron chi connectivity index (χ0n) is 18.6. The second-order valence-electron chi connectivity index (χ2n) is 7.61. The fraction of sp³-hybridized carbons (Fsp3) is 0.240. The lowest BCUT2D eigenvalue weighted by molar-refractivity contribution is -0.119. The van der Waals surface area contributed by atoms with Crippen molar-refractivity contribution in [1.29, 1.82) is 0 Å². The molecule has 174 valence electrons. The molecule has 0 bridgehead atoms. The summed E-state index contributed by atoms with van der Waals surface area (Å²) in [6.45, 7) is 1.95. The first-order chi connectivity index (χ1) is 15.8. The Hall–Kier alpha value is -3.03. The van der Waals surface area contributed by atoms with Gasteiger partial charge in [-0.2, -0.15) is 0 Å². The van der Waals surface area contributed by atoms with Crippen LogP contribution in [0.2, 0.25) is 5.02 Å². The summed E-state index contributed by atoms with van der Waals surface area (Å²) >= 11 is 6.09. The minimum absolute atomic E-state index is 0.110. The predicted molar refractivity (Wildman–Crippen MR) is 131 cm³/mol. The van der Waals surface area contributed by atoms with Crippen LogP contribution in [0, 0.1) is 6.92 Å². The van der Waals surface area contributed by atoms with Gasteiger partial charge in [0, 0.05) is 11.6 Å². The quantitative estimate of drug-likeness (QED) is 0.425. The standard InChI is InChI=1S/C25H27ClN2O4S/c1-19-11-13-24(14-12-19)33(30,31)28(22-9-4-8-21(26)17-22)18-25(29)27-15-5-7-20-6-3-10-23(16-20)32-2/h3-4,6,8-14,16-17H,5,7,15,18H2,1-2H3,(H,27,29). The lowest BCUT2D eigenvalue weighted by Gasteiger charge is -2.24. The highest BCUT2D eigenvalue weighted by Gasteiger charge is 2.27. The van der Waals surface area contributed by atoms with Crippen LogP contribution in [0.4, 0.5) is 5.69 Å². The minimum Gasteiger partial charge on any atom is -0.497 e. The molecule has 0 atom stereocenters. The Kier molecular flexibility index (Phi) is 8.36. The second kappa shape index (κ2) is 11.2. The fourth-order valence-electron chi connectivity index (χ4n) is 3.32. The van der Waals surface area contributed by atoms with Crippen LogP contribution in [0.1, 0.15) is 17.5 Å². The van der Waals surface area contributed by atoms with E-state index in [1.807, 2.05) is 31.2 Å². The van der Waals surface area contributed by atoms with Crippen molar-refractivity contribution >= 4 is 33.2 Å². The van der Waals surface area contributed by atoms with Crippen molar-refractivity contribution in [2.45, 2.75) is 24.7 Å². The largest absolute Gasteiger partial charge is 0.497 e. The van der Waals surface area contributed by atoms with Gasteiger partial charge in [-0.05, 0) is 67.8 Å². The molecule has 6 nitrogen and oxygen atoms in total. The Morgan fingerprint density at radius 2 is 1.76 bits per heavy atom. The van der Waals surface area contributed by atoms with Gasteiger partial charge in [0.1, 0.15) is 12.3 Å². The molecule has 0 aliphatic heterocycles. The van der Waals surface area contributed by atoms with E-state index in [-0.39, 0.29) is 11.4 Å². The lowest BCUT2D eigenvalue weighted by Crippen LogP contribution is -2.41. The molecule has 0 heterocycles. The molecule has 0 saturated carbocycles. The number of aryl methyl sites for hydroxylation is 2. The summed E-state index contributed by atoms with van der Waals surface area (Å²) in [7, 11) is -2.34. The molecule has 3 rings (SSSR count). The lowest BCUT2D eigenvalue weighted by atomic mass is 10.1. The van der Waals surface area contributed by atoms with Crippen molar-refractivity contribution in [3.05, 3.63) is 88.9 Å². The number of hydrogen-bond donors (Lipinski definition) is 1. The summed E-state index contributed by atoms with van der Waals surface area (Å²) < 4.78 is 33.0. The number of rotatable bonds is 10. The molecular weight excluding hydrogens is 460 g/mol. The molecule has 3 aromatic rings. The number of halogens is 1. The van der Waals surface area contributed by atoms with Crippen molar-refractivity contribution in [3.8, 4) is 5.75 Å². The van der Waals surface area contributed by atoms with E-state index in [4.69, 9.17) is 16.3 Å². The summed E-state index contributed by atoms with van der Waals surface area (Å²) in [5.41, 5.74) is 2.37. The number of ether oxygens (including phenoxy) is 1. The Bertz CT molecular complexity index is 1200. The first-order valence-corrected chi connectivity index (χ1v) is 12.4. The van der Waals surface area contributed by atoms with Gasteiger partial charge in [-0.3, -0.25) is 9.10 Å². The maximum atomic E-state index is 13.4. The molecule has 0 aliphatic carbocycles. The molecule has 0 aliphatic rings. The molecule has 1 amide bonds. The smallest absolute Gasteiger partial charge is 0.264 e. The maximum Gasteiger partial charge on any atom is 0.264 e. The minimum atomic E-state index is -3.96. The van der Waals surface area contributed by atoms with Crippen molar-refractivity contribution < 1.29 is 17.9 Å². The van der Waals surface area contributed by atoms with Crippen molar-refractivity contribution in [3.63, 3.8) is 0 Å². The van der Waals surface area contributed by atoms with E-state index in [0.29, 0.717) is 23.7 Å². The van der Waals surface area contributed by atoms with Crippen molar-refractivity contribution in [2.75, 3.05) is 24.5 Å². The number of methoxy groups -OCH3 is 1. The average Bonchev–Trinajstić information content (AvgIpc) is 2.80. The van der Waals surface area contributed by atoms with E-state index in [1.54, 1.807) is 37.4 Å². The first-order valence-electron chi connectivity index (χ1n) is 10.5. The van der Waals surface area contributed by atoms with Crippen molar-refractivity contribution in [1.82, 2.24) is 5.32 Å². The van der Waals surface area contributed by atoms with Gasteiger partial charge in [0.15, 0.2) is 0 Å². The molecular formula is C25H27ClN2O4S. The van der Waals surface area contributed by atoms with Gasteiger partial charge in [0.05, 0.1) is 17.7 Å². The maximum absolute atomic E-state index is 13.4. The third-order valence-corrected chi connectivity index (χ3v) is 7.11. The van der Waals surface area contributed by atoms with Crippen LogP contribution in [-0.2, 0) is 21.2 Å². The summed E-state index contributed by atoms with van der Waals surface area (Å²) in [6, 6.07) is 20.7. The van der Waals surface area contributed by atoms with Crippen molar-refractivity contribution in [2.24, 2.45) is 0 Å². The third-order valence-electron chi connectivity index (χ3n) is 5.09. The monoisotopic (exact) mass is 486 g/mol. The van der Waals surface area contributed by atoms with Gasteiger partial charge in [0.2, 0.25) is 5.91 Å². The molecule has 0 aromatic heterocycles. The first kappa shape index (κ1) is 24.6. The number of sulfonamides is 1. The Morgan fingerprint density at radius 3 is 2.45 bits per heavy atom. The number of anilines is 1. The van der Waals surface area contributed by atoms with Crippen LogP contribution >= 0.6 is 11.6 Å². The number of nitrogens with zero attached hydrogens (tertiary/aromatic N) is 1. The fourth-order valence-corrected chi connectivity index (χ4v) is 4.92. The number of carbonyl (C=O) groups excluding carboxylic acids is 1. The Morgan fingerprint density at radius 1 is 1.03 bits per heavy atom. The number of amides is 1. The molecule has 0 fully saturated rings. The van der Waals surface area contributed by atoms with Crippen LogP contribution in [0.5, 0.6) is 5.75 Å². The van der Waals surface area contributed by atoms with Gasteiger partial charge in [0.25, 0.3) is 10.0 Å². The molecule has 1 N–H and O–H groups in total. The molecule has 0 unspecified atom stereocenters. The molecule has 33 heavy (non-hydrogen) atoms. The Labute approximate surface area is 200 Å². The highest BCUT2D eigenvalue weighted by atomic mass is 35.5. The summed E-state index contributed by atoms with van der Waals surface area (Å²) in [4.78, 5) is 12.8. The van der Waals surface area contributed by atoms with Crippen LogP contribution < -0.4 is 14.4 Å². The van der Waals surface area contributed by atoms with Crippen LogP contribution in [0.15, 0.2) is 77.7 Å². The summed E-state index contributed by atoms with van der Waals surface area (Å²) in [6.07, 6.45) is 1.47. The second-order valence-corrected chi connectivity index (χ2v) is 9.91. The highest BCUT2D eigenvalue weighted by molar-refractivity contribution is 7.92. The zero-order valence-corrected chi connectivity index (χ0v) is 20.2. The van der Waals surface area contributed by atoms with Gasteiger partial charge < -0.3 is 10.1 Å². The van der Waals surface area contributed by atoms with E-state index < -0.39 is 15.9 Å². The topological polar surface area (TPSA) is 75.7 Å². The van der Waals surface area contributed by atoms with Crippen LogP contribution in [-0.4, -0.2) is 34.5 Å². The van der Waals surface area contributed by atoms with Gasteiger partial charge in [-0.15, -0.1) is 0 Å². The zero-order chi connectivity index (χ0) is 23.8. The SMILES string of the molecule is COc1cccc(CCCNC(=O)CN(c2cccc(Cl)c2)S(=O)(=O)c2ccc(C)cc2)c1. The average molecular weight is 487 g/mol. The van der Waals surface area contributed by atoms with Gasteiger partial charge in [-0.25, -0.2) is 8.42 Å². The van der Waals surface area contributed by atoms with E-state index in [2.05, 4.69) is 5.32 Å². The number of hydrogen-bond acceptors (Lipinski definition) is 4. The van der Waals surface area contributed by atoms with Gasteiger partial charge >= 0.3 is 0 Å². The summed E-state index contributed by atoms with van der Waals surface area (Å²) in [5.74, 6) is 0.395. The molecule has 0 radical (unpaired) electrons. The van der Waals surface area contributed by atoms with Crippen LogP contribution in [0.25, 0.3) is 0 Å². The third kappa shape index (κ3) is 6.73. The van der Waals surface area contributed by atoms with E-state index in [9.17, 15) is 13.2 Å². The molecule has 0 saturated heterocycles. The highest BCUT2D eigenvalue weighted by Crippen LogP contribution is 2.26. The Balaban J connectivity index is 1.69.